The Hall–Kier alpha value is -0.610. The molecule has 1 heterocycles. The van der Waals surface area contributed by atoms with Gasteiger partial charge in [-0.05, 0) is 44.6 Å². The van der Waals surface area contributed by atoms with E-state index in [0.717, 1.165) is 51.5 Å². The molecule has 1 saturated carbocycles. The van der Waals surface area contributed by atoms with Crippen molar-refractivity contribution in [1.29, 1.82) is 0 Å². The smallest absolute Gasteiger partial charge is 0.237 e. The SMILES string of the molecule is O=C(NCCCOCC1CC1)[C@@H]1CCCCN1. The van der Waals surface area contributed by atoms with E-state index < -0.39 is 0 Å². The summed E-state index contributed by atoms with van der Waals surface area (Å²) in [5, 5.41) is 6.23. The molecule has 2 N–H and O–H groups in total. The minimum absolute atomic E-state index is 0.0381. The van der Waals surface area contributed by atoms with Crippen LogP contribution in [0.3, 0.4) is 0 Å². The van der Waals surface area contributed by atoms with Crippen LogP contribution in [0.15, 0.2) is 0 Å². The van der Waals surface area contributed by atoms with E-state index in [2.05, 4.69) is 10.6 Å². The molecule has 1 aliphatic carbocycles. The monoisotopic (exact) mass is 240 g/mol. The average Bonchev–Trinajstić information content (AvgIpc) is 3.18. The molecule has 0 aromatic heterocycles. The Bertz CT molecular complexity index is 236. The van der Waals surface area contributed by atoms with Crippen LogP contribution in [0.4, 0.5) is 0 Å². The van der Waals surface area contributed by atoms with E-state index in [1.54, 1.807) is 0 Å². The van der Waals surface area contributed by atoms with Crippen LogP contribution < -0.4 is 10.6 Å². The van der Waals surface area contributed by atoms with Crippen molar-refractivity contribution in [1.82, 2.24) is 10.6 Å². The van der Waals surface area contributed by atoms with Gasteiger partial charge in [-0.25, -0.2) is 0 Å². The zero-order valence-electron chi connectivity index (χ0n) is 10.5. The van der Waals surface area contributed by atoms with Gasteiger partial charge < -0.3 is 15.4 Å². The largest absolute Gasteiger partial charge is 0.381 e. The first-order chi connectivity index (χ1) is 8.36. The molecule has 1 aliphatic heterocycles. The fourth-order valence-corrected chi connectivity index (χ4v) is 2.12. The van der Waals surface area contributed by atoms with Gasteiger partial charge in [-0.3, -0.25) is 4.79 Å². The maximum Gasteiger partial charge on any atom is 0.237 e. The molecule has 1 saturated heterocycles. The Balaban J connectivity index is 1.44. The van der Waals surface area contributed by atoms with E-state index in [1.165, 1.54) is 19.3 Å². The van der Waals surface area contributed by atoms with Gasteiger partial charge in [0.05, 0.1) is 6.04 Å². The maximum absolute atomic E-state index is 11.7. The second-order valence-electron chi connectivity index (χ2n) is 5.17. The van der Waals surface area contributed by atoms with Gasteiger partial charge >= 0.3 is 0 Å². The summed E-state index contributed by atoms with van der Waals surface area (Å²) >= 11 is 0. The Kier molecular flexibility index (Phi) is 5.26. The molecule has 1 amide bonds. The van der Waals surface area contributed by atoms with Crippen LogP contribution in [-0.2, 0) is 9.53 Å². The highest BCUT2D eigenvalue weighted by atomic mass is 16.5. The van der Waals surface area contributed by atoms with E-state index in [1.807, 2.05) is 0 Å². The summed E-state index contributed by atoms with van der Waals surface area (Å²) in [6.45, 7) is 3.40. The maximum atomic E-state index is 11.7. The summed E-state index contributed by atoms with van der Waals surface area (Å²) in [5.41, 5.74) is 0. The molecule has 4 heteroatoms. The van der Waals surface area contributed by atoms with Gasteiger partial charge in [-0.1, -0.05) is 6.42 Å². The number of carbonyl (C=O) groups excluding carboxylic acids is 1. The number of nitrogens with one attached hydrogen (secondary N) is 2. The minimum atomic E-state index is 0.0381. The summed E-state index contributed by atoms with van der Waals surface area (Å²) in [7, 11) is 0. The zero-order valence-corrected chi connectivity index (χ0v) is 10.5. The van der Waals surface area contributed by atoms with Gasteiger partial charge in [0, 0.05) is 19.8 Å². The Morgan fingerprint density at radius 2 is 2.18 bits per heavy atom. The lowest BCUT2D eigenvalue weighted by molar-refractivity contribution is -0.123. The predicted molar refractivity (Wildman–Crippen MR) is 66.8 cm³/mol. The molecule has 1 atom stereocenters. The molecule has 4 nitrogen and oxygen atoms in total. The van der Waals surface area contributed by atoms with Crippen LogP contribution in [0.2, 0.25) is 0 Å². The lowest BCUT2D eigenvalue weighted by atomic mass is 10.0. The molecule has 17 heavy (non-hydrogen) atoms. The third-order valence-electron chi connectivity index (χ3n) is 3.44. The van der Waals surface area contributed by atoms with Crippen LogP contribution in [0.5, 0.6) is 0 Å². The fourth-order valence-electron chi connectivity index (χ4n) is 2.12. The second kappa shape index (κ2) is 6.97. The summed E-state index contributed by atoms with van der Waals surface area (Å²) < 4.78 is 5.52. The van der Waals surface area contributed by atoms with Gasteiger partial charge in [0.2, 0.25) is 5.91 Å². The number of amides is 1. The molecular formula is C13H24N2O2. The van der Waals surface area contributed by atoms with Crippen molar-refractivity contribution in [3.63, 3.8) is 0 Å². The topological polar surface area (TPSA) is 50.4 Å². The molecule has 0 unspecified atom stereocenters. The van der Waals surface area contributed by atoms with Crippen molar-refractivity contribution in [2.45, 2.75) is 44.6 Å². The van der Waals surface area contributed by atoms with Crippen molar-refractivity contribution in [3.8, 4) is 0 Å². The summed E-state index contributed by atoms with van der Waals surface area (Å²) in [4.78, 5) is 11.7. The molecule has 98 valence electrons. The molecule has 0 aromatic carbocycles. The van der Waals surface area contributed by atoms with Crippen LogP contribution in [0.1, 0.15) is 38.5 Å². The molecule has 0 aromatic rings. The minimum Gasteiger partial charge on any atom is -0.381 e. The summed E-state index contributed by atoms with van der Waals surface area (Å²) in [6.07, 6.45) is 6.93. The van der Waals surface area contributed by atoms with Crippen LogP contribution in [0.25, 0.3) is 0 Å². The lowest BCUT2D eigenvalue weighted by Gasteiger charge is -2.22. The molecule has 2 rings (SSSR count). The Labute approximate surface area is 103 Å². The second-order valence-corrected chi connectivity index (χ2v) is 5.17. The highest BCUT2D eigenvalue weighted by molar-refractivity contribution is 5.81. The standard InChI is InChI=1S/C13H24N2O2/c16-13(12-4-1-2-7-14-12)15-8-3-9-17-10-11-5-6-11/h11-12,14H,1-10H2,(H,15,16)/t12-/m0/s1. The van der Waals surface area contributed by atoms with Crippen LogP contribution in [-0.4, -0.2) is 38.3 Å². The summed E-state index contributed by atoms with van der Waals surface area (Å²) in [6, 6.07) is 0.0381. The molecule has 2 aliphatic rings. The third kappa shape index (κ3) is 5.04. The van der Waals surface area contributed by atoms with Gasteiger partial charge in [0.15, 0.2) is 0 Å². The van der Waals surface area contributed by atoms with Crippen molar-refractivity contribution in [2.24, 2.45) is 5.92 Å². The first kappa shape index (κ1) is 12.8. The van der Waals surface area contributed by atoms with E-state index >= 15 is 0 Å². The normalized spacial score (nSPS) is 24.6. The molecule has 0 spiro atoms. The third-order valence-corrected chi connectivity index (χ3v) is 3.44. The molecule has 0 radical (unpaired) electrons. The summed E-state index contributed by atoms with van der Waals surface area (Å²) in [5.74, 6) is 0.989. The highest BCUT2D eigenvalue weighted by Gasteiger charge is 2.21. The van der Waals surface area contributed by atoms with E-state index in [0.29, 0.717) is 0 Å². The van der Waals surface area contributed by atoms with Crippen LogP contribution >= 0.6 is 0 Å². The molecule has 2 fully saturated rings. The van der Waals surface area contributed by atoms with Crippen molar-refractivity contribution < 1.29 is 9.53 Å². The lowest BCUT2D eigenvalue weighted by Crippen LogP contribution is -2.46. The van der Waals surface area contributed by atoms with Gasteiger partial charge in [-0.2, -0.15) is 0 Å². The van der Waals surface area contributed by atoms with Crippen molar-refractivity contribution in [2.75, 3.05) is 26.3 Å². The fraction of sp³-hybridized carbons (Fsp3) is 0.923. The Morgan fingerprint density at radius 3 is 2.88 bits per heavy atom. The van der Waals surface area contributed by atoms with Gasteiger partial charge in [0.25, 0.3) is 0 Å². The first-order valence-corrected chi connectivity index (χ1v) is 6.95. The quantitative estimate of drug-likeness (QED) is 0.654. The Morgan fingerprint density at radius 1 is 1.29 bits per heavy atom. The van der Waals surface area contributed by atoms with E-state index in [-0.39, 0.29) is 11.9 Å². The number of hydrogen-bond acceptors (Lipinski definition) is 3. The highest BCUT2D eigenvalue weighted by Crippen LogP contribution is 2.28. The predicted octanol–water partition coefficient (Wildman–Crippen LogP) is 1.06. The zero-order chi connectivity index (χ0) is 11.9. The number of ether oxygens (including phenoxy) is 1. The average molecular weight is 240 g/mol. The molecule has 0 bridgehead atoms. The van der Waals surface area contributed by atoms with E-state index in [9.17, 15) is 4.79 Å². The molecular weight excluding hydrogens is 216 g/mol. The number of hydrogen-bond donors (Lipinski definition) is 2. The van der Waals surface area contributed by atoms with Gasteiger partial charge in [-0.15, -0.1) is 0 Å². The number of piperidine rings is 1. The van der Waals surface area contributed by atoms with Crippen molar-refractivity contribution >= 4 is 5.91 Å². The van der Waals surface area contributed by atoms with Crippen molar-refractivity contribution in [3.05, 3.63) is 0 Å². The van der Waals surface area contributed by atoms with Crippen LogP contribution in [0, 0.1) is 5.92 Å². The van der Waals surface area contributed by atoms with E-state index in [4.69, 9.17) is 4.74 Å². The number of rotatable bonds is 7. The first-order valence-electron chi connectivity index (χ1n) is 6.95. The van der Waals surface area contributed by atoms with Gasteiger partial charge in [0.1, 0.15) is 0 Å². The number of carbonyl (C=O) groups is 1.